The third-order valence-corrected chi connectivity index (χ3v) is 9.51. The summed E-state index contributed by atoms with van der Waals surface area (Å²) in [6.45, 7) is 2.57. The first-order valence-corrected chi connectivity index (χ1v) is 13.8. The second kappa shape index (κ2) is 8.69. The SMILES string of the molecule is O=C1NC(=O)C2(N3Cc4cc(O[C@H]5CCCC[C@H]5N5CC[C@H](c6ccccc6)C5)ccc4C3=O)CC1C2. The van der Waals surface area contributed by atoms with Gasteiger partial charge in [0.1, 0.15) is 17.4 Å². The number of piperidine rings is 2. The molecule has 192 valence electrons. The monoisotopic (exact) mass is 499 g/mol. The number of nitrogens with one attached hydrogen (secondary N) is 1. The number of nitrogens with zero attached hydrogens (tertiary/aromatic N) is 2. The molecule has 2 aliphatic carbocycles. The molecule has 1 N–H and O–H groups in total. The third-order valence-electron chi connectivity index (χ3n) is 9.51. The maximum Gasteiger partial charge on any atom is 0.255 e. The fourth-order valence-electron chi connectivity index (χ4n) is 7.41. The minimum absolute atomic E-state index is 0.121. The summed E-state index contributed by atoms with van der Waals surface area (Å²) < 4.78 is 6.64. The summed E-state index contributed by atoms with van der Waals surface area (Å²) in [6, 6.07) is 17.0. The largest absolute Gasteiger partial charge is 0.489 e. The average Bonchev–Trinajstić information content (AvgIpc) is 3.50. The van der Waals surface area contributed by atoms with Crippen molar-refractivity contribution in [3.63, 3.8) is 0 Å². The molecule has 7 nitrogen and oxygen atoms in total. The van der Waals surface area contributed by atoms with Gasteiger partial charge in [0.2, 0.25) is 5.91 Å². The summed E-state index contributed by atoms with van der Waals surface area (Å²) in [4.78, 5) is 42.1. The van der Waals surface area contributed by atoms with E-state index in [1.165, 1.54) is 24.8 Å². The molecular formula is C30H33N3O4. The molecule has 8 rings (SSSR count). The standard InChI is InChI=1S/C30H33N3O4/c34-27-22-15-30(16-22,29(36)31-27)33-18-21-14-23(10-11-24(21)28(33)35)37-26-9-5-4-8-25(26)32-13-12-20(17-32)19-6-2-1-3-7-19/h1-3,6-7,10-11,14,20,22,25-26H,4-5,8-9,12-13,15-18H2,(H,31,34,36)/t20-,22?,25+,26-,30?/m0/s1. The summed E-state index contributed by atoms with van der Waals surface area (Å²) in [6.07, 6.45) is 6.79. The number of likely N-dealkylation sites (tertiary alicyclic amines) is 1. The molecule has 2 aromatic rings. The molecule has 2 saturated carbocycles. The van der Waals surface area contributed by atoms with Crippen LogP contribution in [0.25, 0.3) is 0 Å². The van der Waals surface area contributed by atoms with Crippen LogP contribution in [0, 0.1) is 5.92 Å². The van der Waals surface area contributed by atoms with E-state index in [2.05, 4.69) is 40.5 Å². The summed E-state index contributed by atoms with van der Waals surface area (Å²) in [5.74, 6) is 0.561. The highest BCUT2D eigenvalue weighted by molar-refractivity contribution is 6.10. The Morgan fingerprint density at radius 3 is 2.54 bits per heavy atom. The summed E-state index contributed by atoms with van der Waals surface area (Å²) in [5.41, 5.74) is 2.09. The van der Waals surface area contributed by atoms with Crippen LogP contribution in [0.15, 0.2) is 48.5 Å². The minimum atomic E-state index is -0.880. The fraction of sp³-hybridized carbons (Fsp3) is 0.500. The van der Waals surface area contributed by atoms with E-state index in [0.29, 0.717) is 36.9 Å². The first-order chi connectivity index (χ1) is 18.0. The molecule has 2 bridgehead atoms. The van der Waals surface area contributed by atoms with Crippen molar-refractivity contribution >= 4 is 17.7 Å². The molecular weight excluding hydrogens is 466 g/mol. The molecule has 4 aliphatic heterocycles. The van der Waals surface area contributed by atoms with Gasteiger partial charge in [0, 0.05) is 30.6 Å². The van der Waals surface area contributed by atoms with E-state index in [9.17, 15) is 14.4 Å². The Morgan fingerprint density at radius 1 is 0.919 bits per heavy atom. The first kappa shape index (κ1) is 23.0. The van der Waals surface area contributed by atoms with Gasteiger partial charge < -0.3 is 9.64 Å². The molecule has 6 aliphatic rings. The van der Waals surface area contributed by atoms with E-state index in [4.69, 9.17) is 4.74 Å². The number of imide groups is 1. The van der Waals surface area contributed by atoms with Crippen molar-refractivity contribution in [3.8, 4) is 5.75 Å². The number of carbonyl (C=O) groups excluding carboxylic acids is 3. The van der Waals surface area contributed by atoms with Gasteiger partial charge in [-0.3, -0.25) is 24.6 Å². The lowest BCUT2D eigenvalue weighted by atomic mass is 9.63. The second-order valence-electron chi connectivity index (χ2n) is 11.6. The number of rotatable bonds is 5. The highest BCUT2D eigenvalue weighted by atomic mass is 16.5. The molecule has 2 aromatic carbocycles. The highest BCUT2D eigenvalue weighted by Crippen LogP contribution is 2.49. The Labute approximate surface area is 217 Å². The van der Waals surface area contributed by atoms with Crippen molar-refractivity contribution in [2.24, 2.45) is 5.92 Å². The maximum absolute atomic E-state index is 13.2. The average molecular weight is 500 g/mol. The minimum Gasteiger partial charge on any atom is -0.489 e. The van der Waals surface area contributed by atoms with Gasteiger partial charge in [0.05, 0.1) is 0 Å². The topological polar surface area (TPSA) is 79.0 Å². The Morgan fingerprint density at radius 2 is 1.73 bits per heavy atom. The first-order valence-electron chi connectivity index (χ1n) is 13.8. The third kappa shape index (κ3) is 3.69. The van der Waals surface area contributed by atoms with E-state index < -0.39 is 5.54 Å². The number of carbonyl (C=O) groups is 3. The number of benzene rings is 2. The molecule has 0 radical (unpaired) electrons. The molecule has 3 saturated heterocycles. The zero-order valence-electron chi connectivity index (χ0n) is 21.0. The number of fused-ring (bicyclic) bond motifs is 3. The van der Waals surface area contributed by atoms with Crippen LogP contribution in [-0.2, 0) is 16.1 Å². The number of amides is 3. The van der Waals surface area contributed by atoms with Crippen LogP contribution in [0.1, 0.15) is 72.3 Å². The second-order valence-corrected chi connectivity index (χ2v) is 11.6. The van der Waals surface area contributed by atoms with Crippen molar-refractivity contribution in [3.05, 3.63) is 65.2 Å². The van der Waals surface area contributed by atoms with Crippen molar-refractivity contribution < 1.29 is 19.1 Å². The summed E-state index contributed by atoms with van der Waals surface area (Å²) >= 11 is 0. The van der Waals surface area contributed by atoms with Gasteiger partial charge in [-0.2, -0.15) is 0 Å². The van der Waals surface area contributed by atoms with E-state index >= 15 is 0 Å². The Hall–Kier alpha value is -3.19. The van der Waals surface area contributed by atoms with Crippen LogP contribution >= 0.6 is 0 Å². The molecule has 4 heterocycles. The van der Waals surface area contributed by atoms with Gasteiger partial charge in [-0.15, -0.1) is 0 Å². The zero-order valence-corrected chi connectivity index (χ0v) is 21.0. The van der Waals surface area contributed by atoms with Gasteiger partial charge >= 0.3 is 0 Å². The van der Waals surface area contributed by atoms with Crippen molar-refractivity contribution in [1.29, 1.82) is 0 Å². The number of hydrogen-bond acceptors (Lipinski definition) is 5. The van der Waals surface area contributed by atoms with E-state index in [1.807, 2.05) is 18.2 Å². The zero-order chi connectivity index (χ0) is 25.1. The maximum atomic E-state index is 13.2. The van der Waals surface area contributed by atoms with Crippen molar-refractivity contribution in [2.45, 2.75) is 75.1 Å². The molecule has 0 spiro atoms. The Kier molecular flexibility index (Phi) is 5.39. The van der Waals surface area contributed by atoms with Gasteiger partial charge in [-0.1, -0.05) is 36.8 Å². The van der Waals surface area contributed by atoms with Crippen LogP contribution in [0.4, 0.5) is 0 Å². The Bertz CT molecular complexity index is 1250. The lowest BCUT2D eigenvalue weighted by Crippen LogP contribution is -2.73. The van der Waals surface area contributed by atoms with Crippen LogP contribution < -0.4 is 10.1 Å². The molecule has 7 heteroatoms. The van der Waals surface area contributed by atoms with Gasteiger partial charge in [-0.05, 0) is 80.3 Å². The predicted molar refractivity (Wildman–Crippen MR) is 137 cm³/mol. The van der Waals surface area contributed by atoms with Crippen LogP contribution in [0.2, 0.25) is 0 Å². The fourth-order valence-corrected chi connectivity index (χ4v) is 7.41. The quantitative estimate of drug-likeness (QED) is 0.636. The summed E-state index contributed by atoms with van der Waals surface area (Å²) in [5, 5.41) is 2.45. The van der Waals surface area contributed by atoms with Gasteiger partial charge in [-0.25, -0.2) is 0 Å². The molecule has 3 atom stereocenters. The lowest BCUT2D eigenvalue weighted by Gasteiger charge is -2.53. The van der Waals surface area contributed by atoms with E-state index in [1.54, 1.807) is 4.90 Å². The normalized spacial score (nSPS) is 33.2. The van der Waals surface area contributed by atoms with Crippen molar-refractivity contribution in [1.82, 2.24) is 15.1 Å². The summed E-state index contributed by atoms with van der Waals surface area (Å²) in [7, 11) is 0. The van der Waals surface area contributed by atoms with Crippen molar-refractivity contribution in [2.75, 3.05) is 13.1 Å². The Balaban J connectivity index is 1.06. The number of hydrogen-bond donors (Lipinski definition) is 1. The highest BCUT2D eigenvalue weighted by Gasteiger charge is 2.63. The molecule has 3 amide bonds. The van der Waals surface area contributed by atoms with E-state index in [0.717, 1.165) is 37.2 Å². The van der Waals surface area contributed by atoms with Crippen LogP contribution in [0.3, 0.4) is 0 Å². The van der Waals surface area contributed by atoms with Crippen LogP contribution in [0.5, 0.6) is 5.75 Å². The predicted octanol–water partition coefficient (Wildman–Crippen LogP) is 3.63. The van der Waals surface area contributed by atoms with E-state index in [-0.39, 0.29) is 29.7 Å². The molecule has 0 aromatic heterocycles. The lowest BCUT2D eigenvalue weighted by molar-refractivity contribution is -0.160. The molecule has 37 heavy (non-hydrogen) atoms. The van der Waals surface area contributed by atoms with Gasteiger partial charge in [0.25, 0.3) is 11.8 Å². The molecule has 0 unspecified atom stereocenters. The van der Waals surface area contributed by atoms with Crippen LogP contribution in [-0.4, -0.2) is 58.3 Å². The van der Waals surface area contributed by atoms with Gasteiger partial charge in [0.15, 0.2) is 0 Å². The smallest absolute Gasteiger partial charge is 0.255 e. The molecule has 5 fully saturated rings. The number of ether oxygens (including phenoxy) is 1.